The Hall–Kier alpha value is -1.57. The van der Waals surface area contributed by atoms with Crippen molar-refractivity contribution in [3.05, 3.63) is 11.8 Å². The minimum absolute atomic E-state index is 0.202. The van der Waals surface area contributed by atoms with Crippen molar-refractivity contribution >= 4 is 21.7 Å². The first-order chi connectivity index (χ1) is 8.42. The number of hydrogen-bond donors (Lipinski definition) is 3. The number of hydrogen-bond acceptors (Lipinski definition) is 4. The number of nitrogen functional groups attached to an aromatic ring is 1. The molecular weight excluding hydrogens is 254 g/mol. The molecule has 2 rings (SSSR count). The minimum Gasteiger partial charge on any atom is -0.384 e. The Morgan fingerprint density at radius 2 is 2.17 bits per heavy atom. The highest BCUT2D eigenvalue weighted by Crippen LogP contribution is 2.26. The first-order valence-corrected chi connectivity index (χ1v) is 7.34. The second-order valence-corrected chi connectivity index (χ2v) is 6.46. The summed E-state index contributed by atoms with van der Waals surface area (Å²) in [4.78, 5) is 0. The number of anilines is 1. The molecule has 1 fully saturated rings. The lowest BCUT2D eigenvalue weighted by Crippen LogP contribution is -2.27. The number of aromatic nitrogens is 2. The molecule has 0 radical (unpaired) electrons. The summed E-state index contributed by atoms with van der Waals surface area (Å²) < 4.78 is 28.2. The van der Waals surface area contributed by atoms with Crippen LogP contribution in [-0.2, 0) is 17.1 Å². The molecule has 1 heterocycles. The van der Waals surface area contributed by atoms with Crippen LogP contribution in [0.5, 0.6) is 0 Å². The first-order valence-electron chi connectivity index (χ1n) is 5.80. The zero-order valence-electron chi connectivity index (χ0n) is 10.2. The van der Waals surface area contributed by atoms with Gasteiger partial charge in [-0.25, -0.2) is 8.42 Å². The Bertz CT molecular complexity index is 557. The van der Waals surface area contributed by atoms with E-state index < -0.39 is 10.0 Å². The summed E-state index contributed by atoms with van der Waals surface area (Å²) in [7, 11) is -1.81. The lowest BCUT2D eigenvalue weighted by molar-refractivity contribution is 0.584. The van der Waals surface area contributed by atoms with Gasteiger partial charge in [-0.05, 0) is 12.8 Å². The number of amidine groups is 1. The van der Waals surface area contributed by atoms with Gasteiger partial charge >= 0.3 is 0 Å². The molecule has 0 bridgehead atoms. The fraction of sp³-hybridized carbons (Fsp3) is 0.600. The fourth-order valence-corrected chi connectivity index (χ4v) is 3.80. The molecule has 0 unspecified atom stereocenters. The van der Waals surface area contributed by atoms with E-state index in [-0.39, 0.29) is 16.9 Å². The van der Waals surface area contributed by atoms with Gasteiger partial charge in [0.05, 0.1) is 17.0 Å². The summed E-state index contributed by atoms with van der Waals surface area (Å²) in [6.07, 6.45) is 4.63. The van der Waals surface area contributed by atoms with Gasteiger partial charge in [-0.1, -0.05) is 12.8 Å². The maximum atomic E-state index is 12.2. The summed E-state index contributed by atoms with van der Waals surface area (Å²) in [5, 5.41) is 11.0. The topological polar surface area (TPSA) is 114 Å². The second-order valence-electron chi connectivity index (χ2n) is 4.50. The van der Waals surface area contributed by atoms with Crippen molar-refractivity contribution in [3.8, 4) is 0 Å². The number of nitrogens with one attached hydrogen (secondary N) is 2. The molecule has 7 nitrogen and oxygen atoms in total. The van der Waals surface area contributed by atoms with E-state index in [1.165, 1.54) is 10.9 Å². The van der Waals surface area contributed by atoms with Crippen LogP contribution in [0.15, 0.2) is 6.20 Å². The molecule has 1 aliphatic carbocycles. The summed E-state index contributed by atoms with van der Waals surface area (Å²) in [6.45, 7) is 0. The van der Waals surface area contributed by atoms with E-state index >= 15 is 0 Å². The predicted octanol–water partition coefficient (Wildman–Crippen LogP) is 0.388. The van der Waals surface area contributed by atoms with Crippen LogP contribution in [0, 0.1) is 5.41 Å². The molecule has 0 spiro atoms. The Balaban J connectivity index is 2.28. The average molecular weight is 271 g/mol. The Morgan fingerprint density at radius 1 is 1.56 bits per heavy atom. The lowest BCUT2D eigenvalue weighted by Gasteiger charge is -2.14. The maximum Gasteiger partial charge on any atom is 0.236 e. The van der Waals surface area contributed by atoms with Crippen molar-refractivity contribution in [2.75, 3.05) is 4.72 Å². The number of nitrogens with zero attached hydrogens (tertiary/aromatic N) is 2. The van der Waals surface area contributed by atoms with Crippen molar-refractivity contribution < 1.29 is 8.42 Å². The summed E-state index contributed by atoms with van der Waals surface area (Å²) in [5.74, 6) is 0.0571. The van der Waals surface area contributed by atoms with E-state index in [1.807, 2.05) is 0 Å². The van der Waals surface area contributed by atoms with E-state index in [0.717, 1.165) is 12.8 Å². The molecule has 8 heteroatoms. The van der Waals surface area contributed by atoms with Gasteiger partial charge < -0.3 is 5.73 Å². The van der Waals surface area contributed by atoms with Crippen LogP contribution in [0.2, 0.25) is 0 Å². The summed E-state index contributed by atoms with van der Waals surface area (Å²) in [6, 6.07) is 0. The molecule has 0 atom stereocenters. The molecule has 4 N–H and O–H groups in total. The van der Waals surface area contributed by atoms with Gasteiger partial charge in [-0.3, -0.25) is 14.8 Å². The molecule has 0 amide bonds. The van der Waals surface area contributed by atoms with E-state index in [0.29, 0.717) is 18.4 Å². The first kappa shape index (κ1) is 12.9. The molecule has 0 saturated heterocycles. The van der Waals surface area contributed by atoms with Gasteiger partial charge in [0, 0.05) is 7.05 Å². The predicted molar refractivity (Wildman–Crippen MR) is 69.0 cm³/mol. The molecule has 1 aromatic heterocycles. The van der Waals surface area contributed by atoms with E-state index in [9.17, 15) is 8.42 Å². The molecule has 1 aromatic rings. The van der Waals surface area contributed by atoms with E-state index in [2.05, 4.69) is 9.82 Å². The normalized spacial score (nSPS) is 16.9. The standard InChI is InChI=1S/C10H17N5O2S/c1-15-10(8(6-13-15)9(11)12)14-18(16,17)7-4-2-3-5-7/h6-7,14H,2-5H2,1H3,(H3,11,12). The van der Waals surface area contributed by atoms with Gasteiger partial charge in [-0.2, -0.15) is 5.10 Å². The van der Waals surface area contributed by atoms with Gasteiger partial charge in [-0.15, -0.1) is 0 Å². The third-order valence-electron chi connectivity index (χ3n) is 3.21. The molecule has 0 aliphatic heterocycles. The number of rotatable bonds is 4. The van der Waals surface area contributed by atoms with Crippen LogP contribution in [0.1, 0.15) is 31.2 Å². The van der Waals surface area contributed by atoms with Gasteiger partial charge in [0.1, 0.15) is 11.7 Å². The van der Waals surface area contributed by atoms with Crippen LogP contribution in [-0.4, -0.2) is 29.3 Å². The SMILES string of the molecule is Cn1ncc(C(=N)N)c1NS(=O)(=O)C1CCCC1. The number of nitrogens with two attached hydrogens (primary N) is 1. The Kier molecular flexibility index (Phi) is 3.29. The molecule has 18 heavy (non-hydrogen) atoms. The summed E-state index contributed by atoms with van der Waals surface area (Å²) in [5.41, 5.74) is 5.70. The fourth-order valence-electron chi connectivity index (χ4n) is 2.17. The zero-order valence-corrected chi connectivity index (χ0v) is 11.0. The van der Waals surface area contributed by atoms with E-state index in [4.69, 9.17) is 11.1 Å². The maximum absolute atomic E-state index is 12.2. The molecule has 1 saturated carbocycles. The number of aryl methyl sites for hydroxylation is 1. The third-order valence-corrected chi connectivity index (χ3v) is 5.04. The molecular formula is C10H17N5O2S. The number of sulfonamides is 1. The lowest BCUT2D eigenvalue weighted by atomic mass is 10.3. The van der Waals surface area contributed by atoms with Crippen LogP contribution < -0.4 is 10.5 Å². The monoisotopic (exact) mass is 271 g/mol. The molecule has 0 aromatic carbocycles. The third kappa shape index (κ3) is 2.33. The van der Waals surface area contributed by atoms with Gasteiger partial charge in [0.25, 0.3) is 0 Å². The average Bonchev–Trinajstić information content (AvgIpc) is 2.89. The highest BCUT2D eigenvalue weighted by atomic mass is 32.2. The second kappa shape index (κ2) is 4.60. The quantitative estimate of drug-likeness (QED) is 0.543. The van der Waals surface area contributed by atoms with E-state index in [1.54, 1.807) is 7.05 Å². The molecule has 1 aliphatic rings. The highest BCUT2D eigenvalue weighted by Gasteiger charge is 2.30. The minimum atomic E-state index is -3.42. The highest BCUT2D eigenvalue weighted by molar-refractivity contribution is 7.93. The largest absolute Gasteiger partial charge is 0.384 e. The van der Waals surface area contributed by atoms with Crippen molar-refractivity contribution in [1.29, 1.82) is 5.41 Å². The Morgan fingerprint density at radius 3 is 2.72 bits per heavy atom. The summed E-state index contributed by atoms with van der Waals surface area (Å²) >= 11 is 0. The zero-order chi connectivity index (χ0) is 13.3. The van der Waals surface area contributed by atoms with Crippen molar-refractivity contribution in [2.45, 2.75) is 30.9 Å². The smallest absolute Gasteiger partial charge is 0.236 e. The van der Waals surface area contributed by atoms with Gasteiger partial charge in [0.15, 0.2) is 0 Å². The van der Waals surface area contributed by atoms with Crippen LogP contribution in [0.4, 0.5) is 5.82 Å². The van der Waals surface area contributed by atoms with Crippen LogP contribution in [0.3, 0.4) is 0 Å². The van der Waals surface area contributed by atoms with Crippen molar-refractivity contribution in [3.63, 3.8) is 0 Å². The van der Waals surface area contributed by atoms with Crippen molar-refractivity contribution in [1.82, 2.24) is 9.78 Å². The van der Waals surface area contributed by atoms with Crippen molar-refractivity contribution in [2.24, 2.45) is 12.8 Å². The van der Waals surface area contributed by atoms with Crippen LogP contribution >= 0.6 is 0 Å². The van der Waals surface area contributed by atoms with Gasteiger partial charge in [0.2, 0.25) is 10.0 Å². The van der Waals surface area contributed by atoms with Crippen LogP contribution in [0.25, 0.3) is 0 Å². The Labute approximate surface area is 106 Å². The molecule has 100 valence electrons.